The fraction of sp³-hybridized carbons (Fsp3) is 0.300. The highest BCUT2D eigenvalue weighted by atomic mass is 35.5. The molecule has 204 valence electrons. The molecule has 6 rings (SSSR count). The van der Waals surface area contributed by atoms with Crippen LogP contribution in [0.4, 0.5) is 16.0 Å². The predicted octanol–water partition coefficient (Wildman–Crippen LogP) is 5.70. The van der Waals surface area contributed by atoms with Crippen molar-refractivity contribution in [1.29, 1.82) is 0 Å². The maximum atomic E-state index is 15.0. The highest BCUT2D eigenvalue weighted by molar-refractivity contribution is 6.34. The Kier molecular flexibility index (Phi) is 7.16. The SMILES string of the molecule is CCn1c(=O)c(-c2ccc(C3=NCC(C)=N3)cc2Cl)cc2cnc(Nc3ccc(C4CCNCC4)c(F)c3)nc21. The summed E-state index contributed by atoms with van der Waals surface area (Å²) < 4.78 is 16.6. The second-order valence-corrected chi connectivity index (χ2v) is 10.6. The van der Waals surface area contributed by atoms with E-state index in [1.54, 1.807) is 22.9 Å². The van der Waals surface area contributed by atoms with Crippen molar-refractivity contribution in [3.8, 4) is 11.1 Å². The van der Waals surface area contributed by atoms with E-state index in [0.717, 1.165) is 42.8 Å². The van der Waals surface area contributed by atoms with Gasteiger partial charge in [-0.2, -0.15) is 4.98 Å². The minimum absolute atomic E-state index is 0.209. The average molecular weight is 558 g/mol. The number of hydrogen-bond donors (Lipinski definition) is 2. The first-order valence-corrected chi connectivity index (χ1v) is 13.9. The summed E-state index contributed by atoms with van der Waals surface area (Å²) in [5, 5.41) is 7.54. The van der Waals surface area contributed by atoms with Gasteiger partial charge in [-0.15, -0.1) is 0 Å². The van der Waals surface area contributed by atoms with E-state index in [4.69, 9.17) is 11.6 Å². The summed E-state index contributed by atoms with van der Waals surface area (Å²) >= 11 is 6.66. The summed E-state index contributed by atoms with van der Waals surface area (Å²) in [7, 11) is 0. The molecule has 4 heterocycles. The van der Waals surface area contributed by atoms with Gasteiger partial charge in [0.25, 0.3) is 5.56 Å². The van der Waals surface area contributed by atoms with E-state index in [2.05, 4.69) is 30.6 Å². The Hall–Kier alpha value is -3.95. The van der Waals surface area contributed by atoms with Crippen LogP contribution in [0.25, 0.3) is 22.2 Å². The number of piperidine rings is 1. The molecule has 2 N–H and O–H groups in total. The number of amidine groups is 1. The zero-order valence-electron chi connectivity index (χ0n) is 22.3. The molecule has 0 atom stereocenters. The summed E-state index contributed by atoms with van der Waals surface area (Å²) in [6.45, 7) is 6.60. The molecule has 1 fully saturated rings. The van der Waals surface area contributed by atoms with Crippen LogP contribution >= 0.6 is 11.6 Å². The van der Waals surface area contributed by atoms with Crippen LogP contribution in [0.2, 0.25) is 5.02 Å². The number of nitrogens with zero attached hydrogens (tertiary/aromatic N) is 5. The topological polar surface area (TPSA) is 96.6 Å². The van der Waals surface area contributed by atoms with Gasteiger partial charge in [0.1, 0.15) is 11.5 Å². The Bertz CT molecular complexity index is 1740. The monoisotopic (exact) mass is 557 g/mol. The molecule has 0 saturated carbocycles. The van der Waals surface area contributed by atoms with Gasteiger partial charge < -0.3 is 10.6 Å². The number of aliphatic imine (C=N–C) groups is 2. The highest BCUT2D eigenvalue weighted by Gasteiger charge is 2.20. The van der Waals surface area contributed by atoms with Crippen LogP contribution < -0.4 is 16.2 Å². The number of nitrogens with one attached hydrogen (secondary N) is 2. The molecule has 40 heavy (non-hydrogen) atoms. The number of halogens is 2. The van der Waals surface area contributed by atoms with Crippen molar-refractivity contribution in [2.45, 2.75) is 39.2 Å². The molecule has 0 bridgehead atoms. The lowest BCUT2D eigenvalue weighted by molar-refractivity contribution is 0.445. The third-order valence-corrected chi connectivity index (χ3v) is 7.76. The first-order valence-electron chi connectivity index (χ1n) is 13.5. The van der Waals surface area contributed by atoms with Crippen molar-refractivity contribution < 1.29 is 4.39 Å². The van der Waals surface area contributed by atoms with Crippen LogP contribution in [-0.4, -0.2) is 45.7 Å². The van der Waals surface area contributed by atoms with E-state index in [9.17, 15) is 9.18 Å². The Labute approximate surface area is 236 Å². The second kappa shape index (κ2) is 10.9. The number of pyridine rings is 1. The molecule has 0 spiro atoms. The van der Waals surface area contributed by atoms with Gasteiger partial charge >= 0.3 is 0 Å². The van der Waals surface area contributed by atoms with Gasteiger partial charge in [0.05, 0.1) is 6.54 Å². The molecule has 0 amide bonds. The van der Waals surface area contributed by atoms with Crippen LogP contribution in [0, 0.1) is 5.82 Å². The zero-order chi connectivity index (χ0) is 27.8. The van der Waals surface area contributed by atoms with E-state index in [-0.39, 0.29) is 23.2 Å². The zero-order valence-corrected chi connectivity index (χ0v) is 23.1. The maximum Gasteiger partial charge on any atom is 0.260 e. The number of anilines is 2. The number of aryl methyl sites for hydroxylation is 1. The van der Waals surface area contributed by atoms with Crippen molar-refractivity contribution in [1.82, 2.24) is 19.9 Å². The molecule has 0 unspecified atom stereocenters. The average Bonchev–Trinajstić information content (AvgIpc) is 3.40. The van der Waals surface area contributed by atoms with Gasteiger partial charge in [-0.3, -0.25) is 14.4 Å². The van der Waals surface area contributed by atoms with Crippen LogP contribution in [-0.2, 0) is 6.54 Å². The fourth-order valence-corrected chi connectivity index (χ4v) is 5.66. The predicted molar refractivity (Wildman–Crippen MR) is 159 cm³/mol. The van der Waals surface area contributed by atoms with Gasteiger partial charge in [0.2, 0.25) is 5.95 Å². The Morgan fingerprint density at radius 1 is 1.12 bits per heavy atom. The van der Waals surface area contributed by atoms with Crippen LogP contribution in [0.1, 0.15) is 43.7 Å². The third-order valence-electron chi connectivity index (χ3n) is 7.45. The molecular weight excluding hydrogens is 529 g/mol. The number of rotatable bonds is 6. The standard InChI is InChI=1S/C30H29ClFN7O/c1-3-39-28-20(12-24(29(39)40)23-6-4-19(13-25(23)31)27-34-15-17(2)36-27)16-35-30(38-28)37-21-5-7-22(26(32)14-21)18-8-10-33-11-9-18/h4-7,12-14,16,18,33H,3,8-11,15H2,1-2H3,(H,35,37,38). The molecule has 2 aliphatic heterocycles. The molecule has 0 aliphatic carbocycles. The van der Waals surface area contributed by atoms with Gasteiger partial charge in [0, 0.05) is 51.2 Å². The van der Waals surface area contributed by atoms with E-state index in [0.29, 0.717) is 51.8 Å². The van der Waals surface area contributed by atoms with Crippen molar-refractivity contribution in [3.63, 3.8) is 0 Å². The Morgan fingerprint density at radius 2 is 1.95 bits per heavy atom. The maximum absolute atomic E-state index is 15.0. The molecule has 1 saturated heterocycles. The number of fused-ring (bicyclic) bond motifs is 1. The normalized spacial score (nSPS) is 15.8. The molecule has 8 nitrogen and oxygen atoms in total. The van der Waals surface area contributed by atoms with E-state index < -0.39 is 0 Å². The molecular formula is C30H29ClFN7O. The van der Waals surface area contributed by atoms with E-state index in [1.807, 2.05) is 38.1 Å². The largest absolute Gasteiger partial charge is 0.324 e. The lowest BCUT2D eigenvalue weighted by Gasteiger charge is -2.23. The van der Waals surface area contributed by atoms with Crippen LogP contribution in [0.3, 0.4) is 0 Å². The van der Waals surface area contributed by atoms with Crippen molar-refractivity contribution in [2.75, 3.05) is 25.0 Å². The van der Waals surface area contributed by atoms with Crippen LogP contribution in [0.5, 0.6) is 0 Å². The number of aromatic nitrogens is 3. The molecule has 2 aromatic carbocycles. The first kappa shape index (κ1) is 26.3. The molecule has 2 aliphatic rings. The lowest BCUT2D eigenvalue weighted by Crippen LogP contribution is -2.27. The summed E-state index contributed by atoms with van der Waals surface area (Å²) in [5.74, 6) is 0.910. The molecule has 4 aromatic rings. The molecule has 10 heteroatoms. The van der Waals surface area contributed by atoms with Crippen molar-refractivity contribution in [3.05, 3.63) is 81.0 Å². The summed E-state index contributed by atoms with van der Waals surface area (Å²) in [6.07, 6.45) is 3.51. The number of hydrogen-bond acceptors (Lipinski definition) is 7. The first-order chi connectivity index (χ1) is 19.4. The summed E-state index contributed by atoms with van der Waals surface area (Å²) in [5.41, 5.74) is 4.39. The van der Waals surface area contributed by atoms with Crippen LogP contribution in [0.15, 0.2) is 63.4 Å². The minimum atomic E-state index is -0.238. The Balaban J connectivity index is 1.31. The van der Waals surface area contributed by atoms with E-state index >= 15 is 0 Å². The fourth-order valence-electron chi connectivity index (χ4n) is 5.37. The Morgan fingerprint density at radius 3 is 2.65 bits per heavy atom. The molecule has 2 aromatic heterocycles. The number of benzene rings is 2. The summed E-state index contributed by atoms with van der Waals surface area (Å²) in [4.78, 5) is 31.5. The van der Waals surface area contributed by atoms with Gasteiger partial charge in [-0.05, 0) is 75.5 Å². The van der Waals surface area contributed by atoms with Crippen molar-refractivity contribution in [2.24, 2.45) is 9.98 Å². The molecule has 0 radical (unpaired) electrons. The summed E-state index contributed by atoms with van der Waals surface area (Å²) in [6, 6.07) is 12.4. The van der Waals surface area contributed by atoms with E-state index in [1.165, 1.54) is 6.07 Å². The highest BCUT2D eigenvalue weighted by Crippen LogP contribution is 2.31. The third kappa shape index (κ3) is 5.02. The quantitative estimate of drug-likeness (QED) is 0.317. The van der Waals surface area contributed by atoms with Crippen molar-refractivity contribution >= 4 is 45.8 Å². The van der Waals surface area contributed by atoms with Gasteiger partial charge in [-0.1, -0.05) is 29.8 Å². The minimum Gasteiger partial charge on any atom is -0.324 e. The lowest BCUT2D eigenvalue weighted by atomic mass is 9.90. The van der Waals surface area contributed by atoms with Gasteiger partial charge in [-0.25, -0.2) is 14.4 Å². The second-order valence-electron chi connectivity index (χ2n) is 10.1. The van der Waals surface area contributed by atoms with Gasteiger partial charge in [0.15, 0.2) is 5.84 Å². The smallest absolute Gasteiger partial charge is 0.260 e.